The molecular weight excluding hydrogens is 289 g/mol. The second-order valence-electron chi connectivity index (χ2n) is 5.27. The Labute approximate surface area is 126 Å². The molecule has 1 aromatic carbocycles. The predicted molar refractivity (Wildman–Crippen MR) is 75.2 cm³/mol. The van der Waals surface area contributed by atoms with E-state index in [1.807, 2.05) is 0 Å². The van der Waals surface area contributed by atoms with E-state index in [0.717, 1.165) is 6.42 Å². The van der Waals surface area contributed by atoms with E-state index < -0.39 is 5.82 Å². The Bertz CT molecular complexity index is 701. The van der Waals surface area contributed by atoms with E-state index in [9.17, 15) is 9.18 Å². The Morgan fingerprint density at radius 2 is 2.32 bits per heavy atom. The average molecular weight is 305 g/mol. The quantitative estimate of drug-likeness (QED) is 0.869. The van der Waals surface area contributed by atoms with Gasteiger partial charge in [0.25, 0.3) is 5.91 Å². The summed E-state index contributed by atoms with van der Waals surface area (Å²) in [5.74, 6) is 0.617. The van der Waals surface area contributed by atoms with Crippen molar-refractivity contribution in [2.45, 2.75) is 19.3 Å². The summed E-state index contributed by atoms with van der Waals surface area (Å²) in [7, 11) is 1.37. The van der Waals surface area contributed by atoms with Crippen LogP contribution in [0.4, 0.5) is 4.39 Å². The zero-order chi connectivity index (χ0) is 15.7. The van der Waals surface area contributed by atoms with Gasteiger partial charge in [-0.05, 0) is 31.5 Å². The molecule has 3 rings (SSSR count). The van der Waals surface area contributed by atoms with Gasteiger partial charge >= 0.3 is 0 Å². The van der Waals surface area contributed by atoms with Gasteiger partial charge in [0.1, 0.15) is 0 Å². The Morgan fingerprint density at radius 1 is 1.50 bits per heavy atom. The lowest BCUT2D eigenvalue weighted by Crippen LogP contribution is -2.28. The minimum absolute atomic E-state index is 0.0486. The smallest absolute Gasteiger partial charge is 0.254 e. The fraction of sp³-hybridized carbons (Fsp3) is 0.400. The van der Waals surface area contributed by atoms with Crippen LogP contribution in [0.3, 0.4) is 0 Å². The Balaban J connectivity index is 1.74. The molecule has 1 unspecified atom stereocenters. The highest BCUT2D eigenvalue weighted by Crippen LogP contribution is 2.28. The summed E-state index contributed by atoms with van der Waals surface area (Å²) in [6.07, 6.45) is 0.770. The second-order valence-corrected chi connectivity index (χ2v) is 5.27. The van der Waals surface area contributed by atoms with Gasteiger partial charge in [-0.25, -0.2) is 4.39 Å². The molecule has 6 nitrogen and oxygen atoms in total. The molecule has 0 saturated carbocycles. The zero-order valence-electron chi connectivity index (χ0n) is 12.4. The first-order valence-electron chi connectivity index (χ1n) is 7.01. The minimum Gasteiger partial charge on any atom is -0.494 e. The van der Waals surface area contributed by atoms with E-state index in [0.29, 0.717) is 30.4 Å². The van der Waals surface area contributed by atoms with Crippen molar-refractivity contribution in [2.24, 2.45) is 0 Å². The van der Waals surface area contributed by atoms with Gasteiger partial charge in [0.15, 0.2) is 17.4 Å². The fourth-order valence-electron chi connectivity index (χ4n) is 2.60. The standard InChI is InChI=1S/C15H16FN3O3/c1-9-17-14(22-18-9)11-5-6-19(8-11)15(20)10-3-4-12(16)13(7-10)21-2/h3-4,7,11H,5-6,8H2,1-2H3. The molecule has 0 aliphatic carbocycles. The van der Waals surface area contributed by atoms with Crippen molar-refractivity contribution in [2.75, 3.05) is 20.2 Å². The van der Waals surface area contributed by atoms with Gasteiger partial charge in [-0.3, -0.25) is 4.79 Å². The number of halogens is 1. The molecule has 2 aromatic rings. The normalized spacial score (nSPS) is 17.8. The van der Waals surface area contributed by atoms with E-state index >= 15 is 0 Å². The number of rotatable bonds is 3. The van der Waals surface area contributed by atoms with Crippen molar-refractivity contribution < 1.29 is 18.4 Å². The van der Waals surface area contributed by atoms with Crippen molar-refractivity contribution in [3.8, 4) is 5.75 Å². The van der Waals surface area contributed by atoms with Gasteiger partial charge in [-0.15, -0.1) is 0 Å². The number of amides is 1. The molecule has 1 atom stereocenters. The number of nitrogens with zero attached hydrogens (tertiary/aromatic N) is 3. The van der Waals surface area contributed by atoms with Gasteiger partial charge < -0.3 is 14.2 Å². The van der Waals surface area contributed by atoms with Crippen molar-refractivity contribution in [1.29, 1.82) is 0 Å². The van der Waals surface area contributed by atoms with Gasteiger partial charge in [-0.2, -0.15) is 4.98 Å². The van der Waals surface area contributed by atoms with Crippen LogP contribution < -0.4 is 4.74 Å². The van der Waals surface area contributed by atoms with Gasteiger partial charge in [-0.1, -0.05) is 5.16 Å². The van der Waals surface area contributed by atoms with Crippen LogP contribution in [0.25, 0.3) is 0 Å². The van der Waals surface area contributed by atoms with Crippen molar-refractivity contribution >= 4 is 5.91 Å². The van der Waals surface area contributed by atoms with E-state index in [1.165, 1.54) is 25.3 Å². The molecule has 1 fully saturated rings. The third-order valence-corrected chi connectivity index (χ3v) is 3.77. The number of aromatic nitrogens is 2. The molecular formula is C15H16FN3O3. The first-order chi connectivity index (χ1) is 10.6. The lowest BCUT2D eigenvalue weighted by Gasteiger charge is -2.16. The predicted octanol–water partition coefficient (Wildman–Crippen LogP) is 2.16. The van der Waals surface area contributed by atoms with Crippen LogP contribution in [0.15, 0.2) is 22.7 Å². The first kappa shape index (κ1) is 14.5. The summed E-state index contributed by atoms with van der Waals surface area (Å²) in [4.78, 5) is 18.4. The number of hydrogen-bond acceptors (Lipinski definition) is 5. The lowest BCUT2D eigenvalue weighted by molar-refractivity contribution is 0.0789. The highest BCUT2D eigenvalue weighted by molar-refractivity contribution is 5.94. The molecule has 1 amide bonds. The monoisotopic (exact) mass is 305 g/mol. The molecule has 22 heavy (non-hydrogen) atoms. The van der Waals surface area contributed by atoms with Crippen molar-refractivity contribution in [1.82, 2.24) is 15.0 Å². The van der Waals surface area contributed by atoms with Gasteiger partial charge in [0.05, 0.1) is 13.0 Å². The summed E-state index contributed by atoms with van der Waals surface area (Å²) in [5, 5.41) is 3.77. The van der Waals surface area contributed by atoms with Crippen LogP contribution in [-0.4, -0.2) is 41.1 Å². The summed E-state index contributed by atoms with van der Waals surface area (Å²) >= 11 is 0. The molecule has 7 heteroatoms. The average Bonchev–Trinajstić information content (AvgIpc) is 3.15. The molecule has 0 spiro atoms. The highest BCUT2D eigenvalue weighted by atomic mass is 19.1. The number of carbonyl (C=O) groups excluding carboxylic acids is 1. The third kappa shape index (κ3) is 2.66. The van der Waals surface area contributed by atoms with Crippen LogP contribution in [-0.2, 0) is 0 Å². The van der Waals surface area contributed by atoms with Crippen LogP contribution in [0.1, 0.15) is 34.4 Å². The Morgan fingerprint density at radius 3 is 3.00 bits per heavy atom. The summed E-state index contributed by atoms with van der Waals surface area (Å²) in [6, 6.07) is 4.12. The molecule has 0 N–H and O–H groups in total. The number of likely N-dealkylation sites (tertiary alicyclic amines) is 1. The van der Waals surface area contributed by atoms with Crippen molar-refractivity contribution in [3.05, 3.63) is 41.3 Å². The summed E-state index contributed by atoms with van der Waals surface area (Å²) in [5.41, 5.74) is 0.403. The SMILES string of the molecule is COc1cc(C(=O)N2CCC(c3nc(C)no3)C2)ccc1F. The van der Waals surface area contributed by atoms with E-state index in [2.05, 4.69) is 10.1 Å². The number of aryl methyl sites for hydroxylation is 1. The van der Waals surface area contributed by atoms with E-state index in [4.69, 9.17) is 9.26 Å². The van der Waals surface area contributed by atoms with Gasteiger partial charge in [0, 0.05) is 18.7 Å². The molecule has 2 heterocycles. The molecule has 1 aromatic heterocycles. The summed E-state index contributed by atoms with van der Waals surface area (Å²) in [6.45, 7) is 2.88. The van der Waals surface area contributed by atoms with Crippen molar-refractivity contribution in [3.63, 3.8) is 0 Å². The molecule has 116 valence electrons. The molecule has 1 aliphatic rings. The maximum absolute atomic E-state index is 13.4. The Kier molecular flexibility index (Phi) is 3.79. The van der Waals surface area contributed by atoms with Crippen LogP contribution >= 0.6 is 0 Å². The topological polar surface area (TPSA) is 68.5 Å². The number of ether oxygens (including phenoxy) is 1. The second kappa shape index (κ2) is 5.75. The summed E-state index contributed by atoms with van der Waals surface area (Å²) < 4.78 is 23.5. The minimum atomic E-state index is -0.486. The lowest BCUT2D eigenvalue weighted by atomic mass is 10.1. The maximum atomic E-state index is 13.4. The van der Waals surface area contributed by atoms with E-state index in [1.54, 1.807) is 11.8 Å². The number of benzene rings is 1. The molecule has 1 aliphatic heterocycles. The molecule has 0 bridgehead atoms. The maximum Gasteiger partial charge on any atom is 0.254 e. The molecule has 1 saturated heterocycles. The fourth-order valence-corrected chi connectivity index (χ4v) is 2.60. The van der Waals surface area contributed by atoms with Crippen LogP contribution in [0.2, 0.25) is 0 Å². The zero-order valence-corrected chi connectivity index (χ0v) is 12.4. The highest BCUT2D eigenvalue weighted by Gasteiger charge is 2.31. The molecule has 0 radical (unpaired) electrons. The van der Waals surface area contributed by atoms with Crippen LogP contribution in [0, 0.1) is 12.7 Å². The number of carbonyl (C=O) groups is 1. The number of hydrogen-bond donors (Lipinski definition) is 0. The van der Waals surface area contributed by atoms with Crippen LogP contribution in [0.5, 0.6) is 5.75 Å². The first-order valence-corrected chi connectivity index (χ1v) is 7.01. The van der Waals surface area contributed by atoms with E-state index in [-0.39, 0.29) is 17.6 Å². The largest absolute Gasteiger partial charge is 0.494 e. The third-order valence-electron chi connectivity index (χ3n) is 3.77. The van der Waals surface area contributed by atoms with Gasteiger partial charge in [0.2, 0.25) is 5.89 Å². The number of methoxy groups -OCH3 is 1. The Hall–Kier alpha value is -2.44.